The second-order valence-electron chi connectivity index (χ2n) is 3.29. The Morgan fingerprint density at radius 1 is 1.36 bits per heavy atom. The molecular formula is C10H21NO3. The molecule has 84 valence electrons. The smallest absolute Gasteiger partial charge is 0.222 e. The molecule has 0 aromatic rings. The number of nitrogens with zero attached hydrogens (tertiary/aromatic N) is 1. The molecule has 1 amide bonds. The van der Waals surface area contributed by atoms with E-state index in [9.17, 15) is 4.79 Å². The van der Waals surface area contributed by atoms with Crippen LogP contribution < -0.4 is 0 Å². The second kappa shape index (κ2) is 8.97. The second-order valence-corrected chi connectivity index (χ2v) is 3.29. The lowest BCUT2D eigenvalue weighted by atomic mass is 10.3. The highest BCUT2D eigenvalue weighted by molar-refractivity contribution is 5.77. The van der Waals surface area contributed by atoms with E-state index in [0.29, 0.717) is 5.91 Å². The molecule has 1 rings (SSSR count). The standard InChI is InChI=1S/C8H15NO.C2H6O2/c1-2-3-6-9-7-4-5-8(9)10;3-1-2-4/h2-7H2,1H3;3-4H,1-2H2. The van der Waals surface area contributed by atoms with E-state index < -0.39 is 0 Å². The van der Waals surface area contributed by atoms with Crippen molar-refractivity contribution in [3.05, 3.63) is 0 Å². The summed E-state index contributed by atoms with van der Waals surface area (Å²) in [5.74, 6) is 0.355. The van der Waals surface area contributed by atoms with Crippen molar-refractivity contribution in [2.75, 3.05) is 26.3 Å². The zero-order valence-electron chi connectivity index (χ0n) is 8.91. The summed E-state index contributed by atoms with van der Waals surface area (Å²) in [7, 11) is 0. The largest absolute Gasteiger partial charge is 0.394 e. The van der Waals surface area contributed by atoms with Crippen LogP contribution in [0, 0.1) is 0 Å². The number of carbonyl (C=O) groups excluding carboxylic acids is 1. The lowest BCUT2D eigenvalue weighted by Crippen LogP contribution is -2.25. The topological polar surface area (TPSA) is 60.8 Å². The molecule has 1 aliphatic rings. The van der Waals surface area contributed by atoms with Gasteiger partial charge in [0.25, 0.3) is 0 Å². The Hall–Kier alpha value is -0.610. The van der Waals surface area contributed by atoms with Crippen LogP contribution in [-0.2, 0) is 4.79 Å². The van der Waals surface area contributed by atoms with E-state index >= 15 is 0 Å². The van der Waals surface area contributed by atoms with E-state index in [2.05, 4.69) is 6.92 Å². The SMILES string of the molecule is CCCCN1CCCC1=O.OCCO. The van der Waals surface area contributed by atoms with Gasteiger partial charge in [0, 0.05) is 19.5 Å². The summed E-state index contributed by atoms with van der Waals surface area (Å²) in [4.78, 5) is 13.0. The van der Waals surface area contributed by atoms with Crippen LogP contribution >= 0.6 is 0 Å². The van der Waals surface area contributed by atoms with Crippen LogP contribution in [0.2, 0.25) is 0 Å². The van der Waals surface area contributed by atoms with Gasteiger partial charge in [-0.2, -0.15) is 0 Å². The Kier molecular flexibility index (Phi) is 8.57. The maximum atomic E-state index is 11.0. The highest BCUT2D eigenvalue weighted by Crippen LogP contribution is 2.09. The van der Waals surface area contributed by atoms with Crippen LogP contribution in [0.4, 0.5) is 0 Å². The minimum Gasteiger partial charge on any atom is -0.394 e. The zero-order valence-corrected chi connectivity index (χ0v) is 8.91. The molecule has 14 heavy (non-hydrogen) atoms. The first-order chi connectivity index (χ1) is 6.76. The quantitative estimate of drug-likeness (QED) is 0.694. The number of unbranched alkanes of at least 4 members (excludes halogenated alkanes) is 1. The number of carbonyl (C=O) groups is 1. The third-order valence-corrected chi connectivity index (χ3v) is 2.05. The van der Waals surface area contributed by atoms with E-state index in [4.69, 9.17) is 10.2 Å². The van der Waals surface area contributed by atoms with Gasteiger partial charge in [-0.05, 0) is 12.8 Å². The van der Waals surface area contributed by atoms with Crippen molar-refractivity contribution in [2.45, 2.75) is 32.6 Å². The molecule has 1 saturated heterocycles. The molecule has 0 atom stereocenters. The van der Waals surface area contributed by atoms with Crippen molar-refractivity contribution in [1.29, 1.82) is 0 Å². The van der Waals surface area contributed by atoms with Crippen LogP contribution in [0.5, 0.6) is 0 Å². The minimum atomic E-state index is -0.125. The van der Waals surface area contributed by atoms with Crippen LogP contribution in [0.3, 0.4) is 0 Å². The molecule has 1 heterocycles. The van der Waals surface area contributed by atoms with Crippen LogP contribution in [-0.4, -0.2) is 47.3 Å². The fraction of sp³-hybridized carbons (Fsp3) is 0.900. The first-order valence-corrected chi connectivity index (χ1v) is 5.25. The van der Waals surface area contributed by atoms with Crippen molar-refractivity contribution in [2.24, 2.45) is 0 Å². The summed E-state index contributed by atoms with van der Waals surface area (Å²) in [6.07, 6.45) is 4.20. The molecular weight excluding hydrogens is 182 g/mol. The normalized spacial score (nSPS) is 15.4. The molecule has 0 radical (unpaired) electrons. The molecule has 0 bridgehead atoms. The molecule has 0 aromatic carbocycles. The number of rotatable bonds is 4. The number of hydrogen-bond donors (Lipinski definition) is 2. The Morgan fingerprint density at radius 2 is 2.00 bits per heavy atom. The van der Waals surface area contributed by atoms with E-state index in [-0.39, 0.29) is 13.2 Å². The predicted octanol–water partition coefficient (Wildman–Crippen LogP) is 0.380. The van der Waals surface area contributed by atoms with Crippen LogP contribution in [0.25, 0.3) is 0 Å². The Bertz CT molecular complexity index is 148. The molecule has 1 aliphatic heterocycles. The van der Waals surface area contributed by atoms with E-state index in [1.54, 1.807) is 0 Å². The van der Waals surface area contributed by atoms with E-state index in [0.717, 1.165) is 32.4 Å². The third kappa shape index (κ3) is 5.94. The Morgan fingerprint density at radius 3 is 2.36 bits per heavy atom. The van der Waals surface area contributed by atoms with Gasteiger partial charge in [0.15, 0.2) is 0 Å². The molecule has 4 heteroatoms. The van der Waals surface area contributed by atoms with Crippen molar-refractivity contribution in [1.82, 2.24) is 4.90 Å². The molecule has 0 unspecified atom stereocenters. The zero-order chi connectivity index (χ0) is 10.8. The van der Waals surface area contributed by atoms with Gasteiger partial charge in [-0.1, -0.05) is 13.3 Å². The summed E-state index contributed by atoms with van der Waals surface area (Å²) >= 11 is 0. The number of aliphatic hydroxyl groups excluding tert-OH is 2. The highest BCUT2D eigenvalue weighted by Gasteiger charge is 2.18. The number of hydrogen-bond acceptors (Lipinski definition) is 3. The lowest BCUT2D eigenvalue weighted by molar-refractivity contribution is -0.127. The van der Waals surface area contributed by atoms with Gasteiger partial charge in [-0.25, -0.2) is 0 Å². The molecule has 2 N–H and O–H groups in total. The first-order valence-electron chi connectivity index (χ1n) is 5.25. The van der Waals surface area contributed by atoms with Crippen molar-refractivity contribution in [3.8, 4) is 0 Å². The van der Waals surface area contributed by atoms with Crippen LogP contribution in [0.1, 0.15) is 32.6 Å². The average molecular weight is 203 g/mol. The Balaban J connectivity index is 0.000000364. The summed E-state index contributed by atoms with van der Waals surface area (Å²) in [6, 6.07) is 0. The molecule has 0 aliphatic carbocycles. The number of aliphatic hydroxyl groups is 2. The monoisotopic (exact) mass is 203 g/mol. The molecule has 0 saturated carbocycles. The van der Waals surface area contributed by atoms with Gasteiger partial charge in [0.1, 0.15) is 0 Å². The van der Waals surface area contributed by atoms with Gasteiger partial charge in [-0.3, -0.25) is 4.79 Å². The Labute approximate surface area is 85.5 Å². The maximum Gasteiger partial charge on any atom is 0.222 e. The van der Waals surface area contributed by atoms with E-state index in [1.165, 1.54) is 6.42 Å². The first kappa shape index (κ1) is 13.4. The lowest BCUT2D eigenvalue weighted by Gasteiger charge is -2.13. The summed E-state index contributed by atoms with van der Waals surface area (Å²) in [5, 5.41) is 15.2. The maximum absolute atomic E-state index is 11.0. The van der Waals surface area contributed by atoms with Crippen molar-refractivity contribution in [3.63, 3.8) is 0 Å². The fourth-order valence-corrected chi connectivity index (χ4v) is 1.29. The third-order valence-electron chi connectivity index (χ3n) is 2.05. The molecule has 0 aromatic heterocycles. The van der Waals surface area contributed by atoms with Gasteiger partial charge < -0.3 is 15.1 Å². The number of likely N-dealkylation sites (tertiary alicyclic amines) is 1. The summed E-state index contributed by atoms with van der Waals surface area (Å²) in [6.45, 7) is 3.88. The molecule has 4 nitrogen and oxygen atoms in total. The van der Waals surface area contributed by atoms with E-state index in [1.807, 2.05) is 4.90 Å². The van der Waals surface area contributed by atoms with Gasteiger partial charge >= 0.3 is 0 Å². The van der Waals surface area contributed by atoms with Gasteiger partial charge in [0.05, 0.1) is 13.2 Å². The average Bonchev–Trinajstić information content (AvgIpc) is 2.61. The highest BCUT2D eigenvalue weighted by atomic mass is 16.3. The fourth-order valence-electron chi connectivity index (χ4n) is 1.29. The van der Waals surface area contributed by atoms with Crippen molar-refractivity contribution < 1.29 is 15.0 Å². The minimum absolute atomic E-state index is 0.125. The predicted molar refractivity (Wildman–Crippen MR) is 54.9 cm³/mol. The van der Waals surface area contributed by atoms with Gasteiger partial charge in [-0.15, -0.1) is 0 Å². The van der Waals surface area contributed by atoms with Crippen LogP contribution in [0.15, 0.2) is 0 Å². The number of amides is 1. The molecule has 1 fully saturated rings. The van der Waals surface area contributed by atoms with Gasteiger partial charge in [0.2, 0.25) is 5.91 Å². The van der Waals surface area contributed by atoms with Crippen molar-refractivity contribution >= 4 is 5.91 Å². The summed E-state index contributed by atoms with van der Waals surface area (Å²) in [5.41, 5.74) is 0. The summed E-state index contributed by atoms with van der Waals surface area (Å²) < 4.78 is 0. The molecule has 0 spiro atoms.